The molecule has 7 heteroatoms. The summed E-state index contributed by atoms with van der Waals surface area (Å²) in [6.07, 6.45) is 0.0609. The monoisotopic (exact) mass is 307 g/mol. The quantitative estimate of drug-likeness (QED) is 0.898. The number of carbonyl (C=O) groups excluding carboxylic acids is 1. The van der Waals surface area contributed by atoms with Gasteiger partial charge in [-0.2, -0.15) is 0 Å². The van der Waals surface area contributed by atoms with Gasteiger partial charge in [0.05, 0.1) is 6.54 Å². The molecular weight excluding hydrogens is 294 g/mol. The molecule has 0 radical (unpaired) electrons. The van der Waals surface area contributed by atoms with Gasteiger partial charge in [0.25, 0.3) is 11.1 Å². The van der Waals surface area contributed by atoms with Crippen LogP contribution in [0.1, 0.15) is 12.0 Å². The van der Waals surface area contributed by atoms with Crippen molar-refractivity contribution in [2.45, 2.75) is 19.9 Å². The maximum Gasteiger partial charge on any atom is 0.265 e. The molecule has 1 amide bonds. The highest BCUT2D eigenvalue weighted by Crippen LogP contribution is 2.19. The molecule has 6 nitrogen and oxygen atoms in total. The molecule has 0 saturated heterocycles. The molecule has 0 unspecified atom stereocenters. The van der Waals surface area contributed by atoms with Gasteiger partial charge < -0.3 is 5.32 Å². The standard InChI is InChI=1S/C14H14ClN3O3/c1-9-2-3-10(8-11(9)15)16-12(19)6-7-18-14(21)5-4-13(20)17-18/h2-5,8H,6-7H2,1H3,(H,16,19)(H,17,20). The first-order valence-corrected chi connectivity index (χ1v) is 6.70. The number of anilines is 1. The number of rotatable bonds is 4. The maximum atomic E-state index is 11.8. The lowest BCUT2D eigenvalue weighted by molar-refractivity contribution is -0.116. The summed E-state index contributed by atoms with van der Waals surface area (Å²) in [7, 11) is 0. The number of hydrogen-bond acceptors (Lipinski definition) is 3. The smallest absolute Gasteiger partial charge is 0.265 e. The first kappa shape index (κ1) is 15.1. The molecule has 0 aliphatic heterocycles. The van der Waals surface area contributed by atoms with Crippen LogP contribution in [0.5, 0.6) is 0 Å². The number of hydrogen-bond donors (Lipinski definition) is 2. The van der Waals surface area contributed by atoms with Crippen LogP contribution in [-0.4, -0.2) is 15.7 Å². The van der Waals surface area contributed by atoms with Crippen LogP contribution < -0.4 is 16.4 Å². The fourth-order valence-electron chi connectivity index (χ4n) is 1.74. The fourth-order valence-corrected chi connectivity index (χ4v) is 1.92. The molecule has 1 heterocycles. The third-order valence-electron chi connectivity index (χ3n) is 2.91. The number of aryl methyl sites for hydroxylation is 2. The van der Waals surface area contributed by atoms with Gasteiger partial charge in [-0.25, -0.2) is 4.68 Å². The number of halogens is 1. The summed E-state index contributed by atoms with van der Waals surface area (Å²) < 4.78 is 1.10. The van der Waals surface area contributed by atoms with Gasteiger partial charge in [0.1, 0.15) is 0 Å². The highest BCUT2D eigenvalue weighted by molar-refractivity contribution is 6.31. The maximum absolute atomic E-state index is 11.8. The van der Waals surface area contributed by atoms with Crippen molar-refractivity contribution in [1.29, 1.82) is 0 Å². The summed E-state index contributed by atoms with van der Waals surface area (Å²) in [5.74, 6) is -0.272. The summed E-state index contributed by atoms with van der Waals surface area (Å²) in [5.41, 5.74) is 0.758. The number of aromatic nitrogens is 2. The van der Waals surface area contributed by atoms with Gasteiger partial charge >= 0.3 is 0 Å². The van der Waals surface area contributed by atoms with Crippen molar-refractivity contribution in [3.8, 4) is 0 Å². The summed E-state index contributed by atoms with van der Waals surface area (Å²) in [4.78, 5) is 34.4. The minimum Gasteiger partial charge on any atom is -0.326 e. The number of nitrogens with zero attached hydrogens (tertiary/aromatic N) is 1. The van der Waals surface area contributed by atoms with Gasteiger partial charge in [-0.05, 0) is 24.6 Å². The van der Waals surface area contributed by atoms with Crippen molar-refractivity contribution in [3.05, 3.63) is 61.6 Å². The molecule has 110 valence electrons. The number of aromatic amines is 1. The van der Waals surface area contributed by atoms with Gasteiger partial charge in [0.15, 0.2) is 0 Å². The molecule has 2 N–H and O–H groups in total. The first-order chi connectivity index (χ1) is 9.95. The molecule has 0 fully saturated rings. The molecule has 0 spiro atoms. The second-order valence-electron chi connectivity index (χ2n) is 4.56. The van der Waals surface area contributed by atoms with E-state index in [1.165, 1.54) is 0 Å². The van der Waals surface area contributed by atoms with Crippen molar-refractivity contribution < 1.29 is 4.79 Å². The Kier molecular flexibility index (Phi) is 4.59. The SMILES string of the molecule is Cc1ccc(NC(=O)CCn2[nH]c(=O)ccc2=O)cc1Cl. The Morgan fingerprint density at radius 1 is 1.29 bits per heavy atom. The average molecular weight is 308 g/mol. The Labute approximate surface area is 125 Å². The number of benzene rings is 1. The molecule has 0 aliphatic carbocycles. The highest BCUT2D eigenvalue weighted by atomic mass is 35.5. The van der Waals surface area contributed by atoms with E-state index in [-0.39, 0.29) is 30.0 Å². The molecule has 0 saturated carbocycles. The van der Waals surface area contributed by atoms with Crippen LogP contribution in [0.4, 0.5) is 5.69 Å². The zero-order chi connectivity index (χ0) is 15.4. The second-order valence-corrected chi connectivity index (χ2v) is 4.97. The van der Waals surface area contributed by atoms with E-state index in [0.29, 0.717) is 10.7 Å². The summed E-state index contributed by atoms with van der Waals surface area (Å²) in [6, 6.07) is 7.52. The van der Waals surface area contributed by atoms with Crippen molar-refractivity contribution in [1.82, 2.24) is 9.78 Å². The third-order valence-corrected chi connectivity index (χ3v) is 3.31. The van der Waals surface area contributed by atoms with E-state index in [1.807, 2.05) is 6.92 Å². The van der Waals surface area contributed by atoms with Crippen molar-refractivity contribution >= 4 is 23.2 Å². The van der Waals surface area contributed by atoms with Gasteiger partial charge in [0.2, 0.25) is 5.91 Å². The van der Waals surface area contributed by atoms with Crippen LogP contribution in [0.3, 0.4) is 0 Å². The van der Waals surface area contributed by atoms with Crippen molar-refractivity contribution in [2.24, 2.45) is 0 Å². The predicted molar refractivity (Wildman–Crippen MR) is 80.8 cm³/mol. The van der Waals surface area contributed by atoms with Crippen LogP contribution >= 0.6 is 11.6 Å². The number of nitrogens with one attached hydrogen (secondary N) is 2. The van der Waals surface area contributed by atoms with Gasteiger partial charge in [-0.1, -0.05) is 17.7 Å². The topological polar surface area (TPSA) is 84.0 Å². The van der Waals surface area contributed by atoms with E-state index in [2.05, 4.69) is 10.4 Å². The molecule has 0 atom stereocenters. The lowest BCUT2D eigenvalue weighted by atomic mass is 10.2. The largest absolute Gasteiger partial charge is 0.326 e. The van der Waals surface area contributed by atoms with Crippen LogP contribution in [0.15, 0.2) is 39.9 Å². The van der Waals surface area contributed by atoms with Crippen molar-refractivity contribution in [2.75, 3.05) is 5.32 Å². The Morgan fingerprint density at radius 2 is 2.05 bits per heavy atom. The molecule has 2 rings (SSSR count). The van der Waals surface area contributed by atoms with Gasteiger partial charge in [-0.3, -0.25) is 19.5 Å². The van der Waals surface area contributed by atoms with Crippen LogP contribution in [-0.2, 0) is 11.3 Å². The van der Waals surface area contributed by atoms with Crippen LogP contribution in [0.25, 0.3) is 0 Å². The van der Waals surface area contributed by atoms with Crippen LogP contribution in [0.2, 0.25) is 5.02 Å². The molecule has 21 heavy (non-hydrogen) atoms. The third kappa shape index (κ3) is 4.06. The zero-order valence-corrected chi connectivity index (χ0v) is 12.1. The zero-order valence-electron chi connectivity index (χ0n) is 11.4. The average Bonchev–Trinajstić information content (AvgIpc) is 2.44. The summed E-state index contributed by atoms with van der Waals surface area (Å²) >= 11 is 5.97. The van der Waals surface area contributed by atoms with E-state index < -0.39 is 0 Å². The molecule has 1 aromatic heterocycles. The lowest BCUT2D eigenvalue weighted by Crippen LogP contribution is -2.29. The second kappa shape index (κ2) is 6.41. The van der Waals surface area contributed by atoms with E-state index >= 15 is 0 Å². The first-order valence-electron chi connectivity index (χ1n) is 6.32. The Hall–Kier alpha value is -2.34. The van der Waals surface area contributed by atoms with E-state index in [0.717, 1.165) is 22.4 Å². The highest BCUT2D eigenvalue weighted by Gasteiger charge is 2.05. The van der Waals surface area contributed by atoms with E-state index in [9.17, 15) is 14.4 Å². The number of carbonyl (C=O) groups is 1. The van der Waals surface area contributed by atoms with E-state index in [4.69, 9.17) is 11.6 Å². The normalized spacial score (nSPS) is 10.4. The minimum absolute atomic E-state index is 0.0609. The summed E-state index contributed by atoms with van der Waals surface area (Å²) in [6.45, 7) is 1.96. The molecular formula is C14H14ClN3O3. The fraction of sp³-hybridized carbons (Fsp3) is 0.214. The number of H-pyrrole nitrogens is 1. The van der Waals surface area contributed by atoms with Gasteiger partial charge in [0, 0.05) is 29.3 Å². The molecule has 0 aliphatic rings. The molecule has 0 bridgehead atoms. The van der Waals surface area contributed by atoms with E-state index in [1.54, 1.807) is 18.2 Å². The molecule has 2 aromatic rings. The predicted octanol–water partition coefficient (Wildman–Crippen LogP) is 1.53. The Balaban J connectivity index is 1.99. The Bertz CT molecular complexity index is 780. The van der Waals surface area contributed by atoms with Crippen LogP contribution in [0, 0.1) is 6.92 Å². The Morgan fingerprint density at radius 3 is 2.76 bits per heavy atom. The molecule has 1 aromatic carbocycles. The summed E-state index contributed by atoms with van der Waals surface area (Å²) in [5, 5.41) is 5.61. The van der Waals surface area contributed by atoms with Gasteiger partial charge in [-0.15, -0.1) is 0 Å². The lowest BCUT2D eigenvalue weighted by Gasteiger charge is -2.08. The number of amides is 1. The minimum atomic E-state index is -0.389. The van der Waals surface area contributed by atoms with Crippen molar-refractivity contribution in [3.63, 3.8) is 0 Å².